The third-order valence-electron chi connectivity index (χ3n) is 7.48. The van der Waals surface area contributed by atoms with E-state index in [2.05, 4.69) is 31.2 Å². The van der Waals surface area contributed by atoms with Gasteiger partial charge in [-0.3, -0.25) is 0 Å². The van der Waals surface area contributed by atoms with Crippen LogP contribution in [0, 0.1) is 23.2 Å². The van der Waals surface area contributed by atoms with Crippen LogP contribution in [0.25, 0.3) is 0 Å². The number of hydrogen-bond acceptors (Lipinski definition) is 2. The quantitative estimate of drug-likeness (QED) is 0.355. The molecule has 170 valence electrons. The molecule has 1 aromatic carbocycles. The van der Waals surface area contributed by atoms with Crippen LogP contribution in [0.2, 0.25) is 0 Å². The Morgan fingerprint density at radius 1 is 1.03 bits per heavy atom. The van der Waals surface area contributed by atoms with Crippen LogP contribution in [-0.4, -0.2) is 12.7 Å². The first-order valence-electron chi connectivity index (χ1n) is 12.6. The maximum atomic E-state index is 12.9. The van der Waals surface area contributed by atoms with E-state index < -0.39 is 5.83 Å². The maximum absolute atomic E-state index is 12.9. The van der Waals surface area contributed by atoms with Crippen LogP contribution in [0.15, 0.2) is 36.2 Å². The van der Waals surface area contributed by atoms with Gasteiger partial charge in [-0.25, -0.2) is 0 Å². The van der Waals surface area contributed by atoms with Gasteiger partial charge >= 0.3 is 0 Å². The largest absolute Gasteiger partial charge is 0.378 e. The van der Waals surface area contributed by atoms with E-state index in [1.807, 2.05) is 0 Å². The molecule has 0 spiro atoms. The van der Waals surface area contributed by atoms with E-state index in [-0.39, 0.29) is 0 Å². The lowest BCUT2D eigenvalue weighted by Gasteiger charge is -2.32. The molecule has 3 rings (SSSR count). The van der Waals surface area contributed by atoms with Gasteiger partial charge in [0.15, 0.2) is 5.83 Å². The summed E-state index contributed by atoms with van der Waals surface area (Å²) in [5.74, 6) is 1.44. The number of aryl methyl sites for hydroxylation is 1. The number of benzene rings is 1. The summed E-state index contributed by atoms with van der Waals surface area (Å²) in [7, 11) is 0. The fraction of sp³-hybridized carbons (Fsp3) is 0.679. The Morgan fingerprint density at radius 2 is 1.71 bits per heavy atom. The van der Waals surface area contributed by atoms with Crippen LogP contribution in [0.4, 0.5) is 4.39 Å². The molecule has 0 atom stereocenters. The minimum Gasteiger partial charge on any atom is -0.378 e. The van der Waals surface area contributed by atoms with E-state index in [0.717, 1.165) is 13.0 Å². The van der Waals surface area contributed by atoms with Gasteiger partial charge in [-0.2, -0.15) is 9.65 Å². The molecule has 0 radical (unpaired) electrons. The van der Waals surface area contributed by atoms with Crippen LogP contribution < -0.4 is 0 Å². The number of nitrogens with zero attached hydrogens (tertiary/aromatic N) is 1. The predicted octanol–water partition coefficient (Wildman–Crippen LogP) is 8.04. The van der Waals surface area contributed by atoms with E-state index in [1.54, 1.807) is 6.07 Å². The van der Waals surface area contributed by atoms with Crippen molar-refractivity contribution in [1.82, 2.24) is 0 Å². The Labute approximate surface area is 188 Å². The van der Waals surface area contributed by atoms with Gasteiger partial charge in [0.25, 0.3) is 0 Å². The highest BCUT2D eigenvalue weighted by Crippen LogP contribution is 2.36. The van der Waals surface area contributed by atoms with Crippen molar-refractivity contribution in [1.29, 1.82) is 5.26 Å². The zero-order chi connectivity index (χ0) is 21.9. The molecule has 0 unspecified atom stereocenters. The molecule has 2 aliphatic rings. The average Bonchev–Trinajstić information content (AvgIpc) is 2.83. The zero-order valence-corrected chi connectivity index (χ0v) is 19.3. The first-order chi connectivity index (χ1) is 15.2. The van der Waals surface area contributed by atoms with Crippen LogP contribution in [-0.2, 0) is 11.2 Å². The highest BCUT2D eigenvalue weighted by atomic mass is 19.1. The summed E-state index contributed by atoms with van der Waals surface area (Å²) < 4.78 is 19.2. The first-order valence-corrected chi connectivity index (χ1v) is 12.6. The summed E-state index contributed by atoms with van der Waals surface area (Å²) in [6, 6.07) is 10.9. The molecule has 2 aliphatic carbocycles. The molecule has 1 aromatic rings. The summed E-state index contributed by atoms with van der Waals surface area (Å²) >= 11 is 0. The Kier molecular flexibility index (Phi) is 10.1. The van der Waals surface area contributed by atoms with E-state index >= 15 is 0 Å². The lowest BCUT2D eigenvalue weighted by molar-refractivity contribution is -0.00474. The zero-order valence-electron chi connectivity index (χ0n) is 19.3. The number of unbranched alkanes of at least 4 members (excludes halogenated alkanes) is 1. The van der Waals surface area contributed by atoms with Crippen molar-refractivity contribution in [2.75, 3.05) is 6.61 Å². The molecule has 0 saturated heterocycles. The Morgan fingerprint density at radius 3 is 2.35 bits per heavy atom. The van der Waals surface area contributed by atoms with Crippen molar-refractivity contribution in [3.05, 3.63) is 47.3 Å². The predicted molar refractivity (Wildman–Crippen MR) is 125 cm³/mol. The minimum absolute atomic E-state index is 0.442. The molecule has 3 heteroatoms. The molecule has 0 aromatic heterocycles. The highest BCUT2D eigenvalue weighted by Gasteiger charge is 2.25. The number of rotatable bonds is 10. The van der Waals surface area contributed by atoms with Gasteiger partial charge in [0, 0.05) is 6.61 Å². The van der Waals surface area contributed by atoms with Crippen molar-refractivity contribution < 1.29 is 9.13 Å². The van der Waals surface area contributed by atoms with Gasteiger partial charge in [0.05, 0.1) is 6.10 Å². The van der Waals surface area contributed by atoms with Crippen molar-refractivity contribution in [3.8, 4) is 6.07 Å². The number of nitriles is 1. The molecular weight excluding hydrogens is 385 g/mol. The molecule has 0 N–H and O–H groups in total. The van der Waals surface area contributed by atoms with Crippen LogP contribution in [0.5, 0.6) is 0 Å². The second-order valence-corrected chi connectivity index (χ2v) is 9.78. The molecule has 0 heterocycles. The highest BCUT2D eigenvalue weighted by molar-refractivity contribution is 5.26. The first kappa shape index (κ1) is 24.0. The number of halogens is 1. The normalized spacial score (nSPS) is 27.1. The summed E-state index contributed by atoms with van der Waals surface area (Å²) in [6.07, 6.45) is 17.1. The minimum atomic E-state index is -0.638. The molecular formula is C28H40FNO. The fourth-order valence-corrected chi connectivity index (χ4v) is 5.35. The van der Waals surface area contributed by atoms with Gasteiger partial charge in [0.2, 0.25) is 0 Å². The molecule has 2 saturated carbocycles. The van der Waals surface area contributed by atoms with Gasteiger partial charge in [-0.15, -0.1) is 0 Å². The molecule has 2 fully saturated rings. The Hall–Kier alpha value is -1.66. The second-order valence-electron chi connectivity index (χ2n) is 9.78. The molecule has 0 amide bonds. The number of hydrogen-bond donors (Lipinski definition) is 0. The SMILES string of the molecule is CCCCc1ccc([C@H]2CC[C@H](OC[C@H]3CC[C@H](CC/C=C(\F)C#N)CC3)CC2)cc1. The molecule has 0 bridgehead atoms. The van der Waals surface area contributed by atoms with Crippen molar-refractivity contribution >= 4 is 0 Å². The smallest absolute Gasteiger partial charge is 0.196 e. The topological polar surface area (TPSA) is 33.0 Å². The Bertz CT molecular complexity index is 704. The van der Waals surface area contributed by atoms with E-state index in [1.165, 1.54) is 87.8 Å². The average molecular weight is 426 g/mol. The summed E-state index contributed by atoms with van der Waals surface area (Å²) in [5.41, 5.74) is 2.99. The van der Waals surface area contributed by atoms with E-state index in [0.29, 0.717) is 30.3 Å². The summed E-state index contributed by atoms with van der Waals surface area (Å²) in [6.45, 7) is 3.17. The van der Waals surface area contributed by atoms with Gasteiger partial charge in [-0.1, -0.05) is 50.5 Å². The van der Waals surface area contributed by atoms with E-state index in [4.69, 9.17) is 10.00 Å². The summed E-state index contributed by atoms with van der Waals surface area (Å²) in [4.78, 5) is 0. The lowest BCUT2D eigenvalue weighted by Crippen LogP contribution is -2.25. The van der Waals surface area contributed by atoms with Gasteiger partial charge in [0.1, 0.15) is 6.07 Å². The third-order valence-corrected chi connectivity index (χ3v) is 7.48. The van der Waals surface area contributed by atoms with Crippen LogP contribution in [0.3, 0.4) is 0 Å². The standard InChI is InChI=1S/C28H40FNO/c1-2-3-5-22-12-14-25(15-13-22)26-16-18-28(19-17-26)31-21-24-10-8-23(9-11-24)6-4-7-27(29)20-30/h7,12-15,23-24,26,28H,2-6,8-11,16-19,21H2,1H3/b27-7-/t23-,24-,26-,28-. The van der Waals surface area contributed by atoms with Crippen molar-refractivity contribution in [2.24, 2.45) is 11.8 Å². The second kappa shape index (κ2) is 13.0. The monoisotopic (exact) mass is 425 g/mol. The summed E-state index contributed by atoms with van der Waals surface area (Å²) in [5, 5.41) is 8.47. The Balaban J connectivity index is 1.30. The molecule has 0 aliphatic heterocycles. The van der Waals surface area contributed by atoms with Crippen molar-refractivity contribution in [3.63, 3.8) is 0 Å². The number of ether oxygens (including phenoxy) is 1. The van der Waals surface area contributed by atoms with Crippen molar-refractivity contribution in [2.45, 2.75) is 102 Å². The van der Waals surface area contributed by atoms with Gasteiger partial charge < -0.3 is 4.74 Å². The van der Waals surface area contributed by atoms with Gasteiger partial charge in [-0.05, 0) is 99.2 Å². The fourth-order valence-electron chi connectivity index (χ4n) is 5.35. The van der Waals surface area contributed by atoms with Crippen LogP contribution >= 0.6 is 0 Å². The lowest BCUT2D eigenvalue weighted by atomic mass is 9.80. The third kappa shape index (κ3) is 8.08. The van der Waals surface area contributed by atoms with Crippen LogP contribution in [0.1, 0.15) is 101 Å². The molecule has 2 nitrogen and oxygen atoms in total. The number of allylic oxidation sites excluding steroid dienone is 2. The van der Waals surface area contributed by atoms with E-state index in [9.17, 15) is 4.39 Å². The molecule has 31 heavy (non-hydrogen) atoms. The maximum Gasteiger partial charge on any atom is 0.196 e.